The molecule has 0 atom stereocenters. The van der Waals surface area contributed by atoms with E-state index < -0.39 is 11.8 Å². The van der Waals surface area contributed by atoms with Crippen LogP contribution in [-0.4, -0.2) is 40.0 Å². The van der Waals surface area contributed by atoms with Gasteiger partial charge < -0.3 is 15.2 Å². The van der Waals surface area contributed by atoms with Crippen molar-refractivity contribution in [3.05, 3.63) is 60.4 Å². The van der Waals surface area contributed by atoms with Crippen molar-refractivity contribution in [1.29, 1.82) is 0 Å². The molecule has 0 radical (unpaired) electrons. The zero-order valence-electron chi connectivity index (χ0n) is 12.7. The molecular formula is C17H15N3O4. The van der Waals surface area contributed by atoms with Crippen LogP contribution in [-0.2, 0) is 9.59 Å². The monoisotopic (exact) mass is 325 g/mol. The van der Waals surface area contributed by atoms with Gasteiger partial charge in [-0.15, -0.1) is 0 Å². The normalized spacial score (nSPS) is 13.9. The third-order valence-electron chi connectivity index (χ3n) is 3.31. The molecule has 2 amide bonds. The van der Waals surface area contributed by atoms with E-state index in [2.05, 4.69) is 10.3 Å². The van der Waals surface area contributed by atoms with Gasteiger partial charge in [0.2, 0.25) is 5.88 Å². The molecule has 7 heteroatoms. The fraction of sp³-hybridized carbons (Fsp3) is 0.118. The first-order valence-corrected chi connectivity index (χ1v) is 7.32. The molecule has 0 unspecified atom stereocenters. The van der Waals surface area contributed by atoms with Gasteiger partial charge >= 0.3 is 0 Å². The summed E-state index contributed by atoms with van der Waals surface area (Å²) in [5.74, 6) is 0.0842. The fourth-order valence-corrected chi connectivity index (χ4v) is 2.23. The number of hydrogen-bond acceptors (Lipinski definition) is 6. The lowest BCUT2D eigenvalue weighted by molar-refractivity contribution is -0.137. The maximum Gasteiger partial charge on any atom is 0.277 e. The predicted octanol–water partition coefficient (Wildman–Crippen LogP) is 1.53. The van der Waals surface area contributed by atoms with E-state index in [0.717, 1.165) is 4.90 Å². The Balaban J connectivity index is 1.72. The van der Waals surface area contributed by atoms with E-state index >= 15 is 0 Å². The summed E-state index contributed by atoms with van der Waals surface area (Å²) >= 11 is 0. The topological polar surface area (TPSA) is 91.8 Å². The highest BCUT2D eigenvalue weighted by atomic mass is 16.5. The van der Waals surface area contributed by atoms with E-state index in [1.807, 2.05) is 6.07 Å². The van der Waals surface area contributed by atoms with Gasteiger partial charge in [-0.05, 0) is 18.2 Å². The van der Waals surface area contributed by atoms with Crippen molar-refractivity contribution in [2.75, 3.05) is 18.5 Å². The third-order valence-corrected chi connectivity index (χ3v) is 3.31. The van der Waals surface area contributed by atoms with Gasteiger partial charge in [-0.2, -0.15) is 0 Å². The molecule has 122 valence electrons. The number of ether oxygens (including phenoxy) is 1. The van der Waals surface area contributed by atoms with Gasteiger partial charge in [0.25, 0.3) is 11.8 Å². The predicted molar refractivity (Wildman–Crippen MR) is 86.3 cm³/mol. The number of carbonyl (C=O) groups excluding carboxylic acids is 2. The van der Waals surface area contributed by atoms with Crippen LogP contribution in [0.3, 0.4) is 0 Å². The number of pyridine rings is 1. The van der Waals surface area contributed by atoms with Crippen LogP contribution >= 0.6 is 0 Å². The summed E-state index contributed by atoms with van der Waals surface area (Å²) in [7, 11) is 0. The van der Waals surface area contributed by atoms with Gasteiger partial charge in [0, 0.05) is 30.1 Å². The van der Waals surface area contributed by atoms with Crippen LogP contribution in [0.1, 0.15) is 0 Å². The molecular weight excluding hydrogens is 310 g/mol. The molecule has 1 aromatic heterocycles. The standard InChI is InChI=1S/C17H15N3O4/c21-9-8-20-16(22)11-14(17(20)23)19-12-4-3-5-13(10-12)24-15-6-1-2-7-18-15/h1-7,10-11,19,21H,8-9H2. The Hall–Kier alpha value is -3.19. The number of carbonyl (C=O) groups is 2. The van der Waals surface area contributed by atoms with Gasteiger partial charge in [-0.3, -0.25) is 14.5 Å². The van der Waals surface area contributed by atoms with Crippen molar-refractivity contribution >= 4 is 17.5 Å². The van der Waals surface area contributed by atoms with Crippen LogP contribution < -0.4 is 10.1 Å². The maximum atomic E-state index is 12.1. The summed E-state index contributed by atoms with van der Waals surface area (Å²) in [5, 5.41) is 11.8. The minimum atomic E-state index is -0.468. The number of nitrogens with zero attached hydrogens (tertiary/aromatic N) is 2. The second-order valence-corrected chi connectivity index (χ2v) is 5.00. The summed E-state index contributed by atoms with van der Waals surface area (Å²) < 4.78 is 5.63. The number of hydrogen-bond donors (Lipinski definition) is 2. The molecule has 0 bridgehead atoms. The molecule has 0 spiro atoms. The lowest BCUT2D eigenvalue weighted by Gasteiger charge is -2.13. The molecule has 3 rings (SSSR count). The number of aliphatic hydroxyl groups excluding tert-OH is 1. The first-order chi connectivity index (χ1) is 11.7. The van der Waals surface area contributed by atoms with Gasteiger partial charge in [-0.1, -0.05) is 12.1 Å². The first-order valence-electron chi connectivity index (χ1n) is 7.32. The van der Waals surface area contributed by atoms with Crippen molar-refractivity contribution < 1.29 is 19.4 Å². The molecule has 0 aliphatic carbocycles. The van der Waals surface area contributed by atoms with Crippen molar-refractivity contribution in [3.63, 3.8) is 0 Å². The summed E-state index contributed by atoms with van der Waals surface area (Å²) in [6.07, 6.45) is 2.84. The number of aromatic nitrogens is 1. The number of rotatable bonds is 6. The molecule has 0 saturated carbocycles. The van der Waals surface area contributed by atoms with Gasteiger partial charge in [-0.25, -0.2) is 4.98 Å². The Bertz CT molecular complexity index is 789. The maximum absolute atomic E-state index is 12.1. The number of nitrogens with one attached hydrogen (secondary N) is 1. The lowest BCUT2D eigenvalue weighted by Crippen LogP contribution is -2.34. The molecule has 2 N–H and O–H groups in total. The van der Waals surface area contributed by atoms with Crippen LogP contribution in [0.2, 0.25) is 0 Å². The zero-order valence-corrected chi connectivity index (χ0v) is 12.7. The van der Waals surface area contributed by atoms with E-state index in [4.69, 9.17) is 9.84 Å². The Kier molecular flexibility index (Phi) is 4.53. The van der Waals surface area contributed by atoms with Crippen molar-refractivity contribution in [2.45, 2.75) is 0 Å². The molecule has 1 aliphatic rings. The Labute approximate surface area is 138 Å². The summed E-state index contributed by atoms with van der Waals surface area (Å²) in [5.41, 5.74) is 0.755. The van der Waals surface area contributed by atoms with Crippen LogP contribution in [0.5, 0.6) is 11.6 Å². The summed E-state index contributed by atoms with van der Waals surface area (Å²) in [4.78, 5) is 28.9. The van der Waals surface area contributed by atoms with Crippen LogP contribution in [0.15, 0.2) is 60.4 Å². The highest BCUT2D eigenvalue weighted by Gasteiger charge is 2.30. The number of amides is 2. The average Bonchev–Trinajstić information content (AvgIpc) is 2.84. The number of benzene rings is 1. The molecule has 24 heavy (non-hydrogen) atoms. The molecule has 0 saturated heterocycles. The second kappa shape index (κ2) is 6.93. The fourth-order valence-electron chi connectivity index (χ4n) is 2.23. The minimum absolute atomic E-state index is 0.0256. The zero-order chi connectivity index (χ0) is 16.9. The summed E-state index contributed by atoms with van der Waals surface area (Å²) in [6.45, 7) is -0.297. The van der Waals surface area contributed by atoms with Gasteiger partial charge in [0.1, 0.15) is 11.4 Å². The summed E-state index contributed by atoms with van der Waals surface area (Å²) in [6, 6.07) is 12.3. The number of anilines is 1. The third kappa shape index (κ3) is 3.41. The van der Waals surface area contributed by atoms with E-state index in [1.165, 1.54) is 6.08 Å². The van der Waals surface area contributed by atoms with E-state index in [9.17, 15) is 9.59 Å². The highest BCUT2D eigenvalue weighted by Crippen LogP contribution is 2.24. The van der Waals surface area contributed by atoms with Crippen molar-refractivity contribution in [1.82, 2.24) is 9.88 Å². The Morgan fingerprint density at radius 3 is 2.79 bits per heavy atom. The first kappa shape index (κ1) is 15.7. The SMILES string of the molecule is O=C1C=C(Nc2cccc(Oc3ccccn3)c2)C(=O)N1CCO. The molecule has 1 aliphatic heterocycles. The average molecular weight is 325 g/mol. The van der Waals surface area contributed by atoms with Crippen LogP contribution in [0.25, 0.3) is 0 Å². The highest BCUT2D eigenvalue weighted by molar-refractivity contribution is 6.17. The Morgan fingerprint density at radius 2 is 2.04 bits per heavy atom. The molecule has 7 nitrogen and oxygen atoms in total. The van der Waals surface area contributed by atoms with Gasteiger partial charge in [0.15, 0.2) is 0 Å². The molecule has 2 aromatic rings. The van der Waals surface area contributed by atoms with Crippen LogP contribution in [0.4, 0.5) is 5.69 Å². The molecule has 1 aromatic carbocycles. The molecule has 0 fully saturated rings. The smallest absolute Gasteiger partial charge is 0.277 e. The largest absolute Gasteiger partial charge is 0.439 e. The van der Waals surface area contributed by atoms with Crippen molar-refractivity contribution in [3.8, 4) is 11.6 Å². The number of aliphatic hydroxyl groups is 1. The van der Waals surface area contributed by atoms with E-state index in [1.54, 1.807) is 42.6 Å². The Morgan fingerprint density at radius 1 is 1.17 bits per heavy atom. The van der Waals surface area contributed by atoms with Gasteiger partial charge in [0.05, 0.1) is 13.2 Å². The quantitative estimate of drug-likeness (QED) is 0.783. The van der Waals surface area contributed by atoms with E-state index in [-0.39, 0.29) is 18.8 Å². The number of β-amino-alcohol motifs (C(OH)–C–C–N with tert-alkyl or cyclic N) is 1. The van der Waals surface area contributed by atoms with E-state index in [0.29, 0.717) is 17.3 Å². The lowest BCUT2D eigenvalue weighted by atomic mass is 10.3. The molecule has 2 heterocycles. The minimum Gasteiger partial charge on any atom is -0.439 e. The number of imide groups is 1. The van der Waals surface area contributed by atoms with Crippen LogP contribution in [0, 0.1) is 0 Å². The second-order valence-electron chi connectivity index (χ2n) is 5.00. The van der Waals surface area contributed by atoms with Crippen molar-refractivity contribution in [2.24, 2.45) is 0 Å².